The molecule has 0 bridgehead atoms. The van der Waals surface area contributed by atoms with E-state index in [1.54, 1.807) is 0 Å². The van der Waals surface area contributed by atoms with Gasteiger partial charge < -0.3 is 9.88 Å². The molecule has 1 aromatic heterocycles. The summed E-state index contributed by atoms with van der Waals surface area (Å²) in [6.07, 6.45) is 4.25. The fraction of sp³-hybridized carbons (Fsp3) is 0.750. The second kappa shape index (κ2) is 6.18. The van der Waals surface area contributed by atoms with E-state index >= 15 is 0 Å². The van der Waals surface area contributed by atoms with Crippen molar-refractivity contribution in [1.29, 1.82) is 0 Å². The number of hydrogen-bond donors (Lipinski definition) is 1. The average molecular weight is 241 g/mol. The number of nitrogens with one attached hydrogen (secondary N) is 1. The third-order valence-electron chi connectivity index (χ3n) is 2.41. The summed E-state index contributed by atoms with van der Waals surface area (Å²) in [4.78, 5) is 4.51. The number of hydrogen-bond acceptors (Lipinski definition) is 3. The highest BCUT2D eigenvalue weighted by Crippen LogP contribution is 2.13. The van der Waals surface area contributed by atoms with Crippen LogP contribution in [0.4, 0.5) is 5.95 Å². The SMILES string of the molecule is CSC(C)CNc1nc(C)cn1CC(C)C. The van der Waals surface area contributed by atoms with Crippen LogP contribution >= 0.6 is 11.8 Å². The summed E-state index contributed by atoms with van der Waals surface area (Å²) in [6.45, 7) is 10.7. The minimum atomic E-state index is 0.615. The molecule has 92 valence electrons. The van der Waals surface area contributed by atoms with Crippen LogP contribution in [0.2, 0.25) is 0 Å². The summed E-state index contributed by atoms with van der Waals surface area (Å²) in [5.41, 5.74) is 1.08. The molecule has 0 aliphatic rings. The summed E-state index contributed by atoms with van der Waals surface area (Å²) in [6, 6.07) is 0. The number of anilines is 1. The fourth-order valence-electron chi connectivity index (χ4n) is 1.54. The van der Waals surface area contributed by atoms with Crippen molar-refractivity contribution in [1.82, 2.24) is 9.55 Å². The van der Waals surface area contributed by atoms with Gasteiger partial charge in [0.2, 0.25) is 5.95 Å². The van der Waals surface area contributed by atoms with E-state index in [2.05, 4.69) is 48.1 Å². The van der Waals surface area contributed by atoms with Crippen LogP contribution in [0.1, 0.15) is 26.5 Å². The lowest BCUT2D eigenvalue weighted by Gasteiger charge is -2.13. The molecule has 0 radical (unpaired) electrons. The normalized spacial score (nSPS) is 13.1. The second-order valence-electron chi connectivity index (χ2n) is 4.68. The highest BCUT2D eigenvalue weighted by molar-refractivity contribution is 7.99. The highest BCUT2D eigenvalue weighted by Gasteiger charge is 2.07. The van der Waals surface area contributed by atoms with Crippen LogP contribution in [0.5, 0.6) is 0 Å². The van der Waals surface area contributed by atoms with Gasteiger partial charge in [0.1, 0.15) is 0 Å². The van der Waals surface area contributed by atoms with Crippen molar-refractivity contribution in [3.63, 3.8) is 0 Å². The van der Waals surface area contributed by atoms with E-state index in [0.29, 0.717) is 11.2 Å². The van der Waals surface area contributed by atoms with Crippen molar-refractivity contribution in [3.8, 4) is 0 Å². The molecule has 3 nitrogen and oxygen atoms in total. The molecule has 1 atom stereocenters. The minimum absolute atomic E-state index is 0.615. The first-order chi connectivity index (χ1) is 7.52. The van der Waals surface area contributed by atoms with Crippen LogP contribution < -0.4 is 5.32 Å². The van der Waals surface area contributed by atoms with Gasteiger partial charge in [-0.3, -0.25) is 0 Å². The van der Waals surface area contributed by atoms with Crippen molar-refractivity contribution < 1.29 is 0 Å². The summed E-state index contributed by atoms with van der Waals surface area (Å²) in [5, 5.41) is 4.04. The fourth-order valence-corrected chi connectivity index (χ4v) is 1.79. The Hall–Kier alpha value is -0.640. The van der Waals surface area contributed by atoms with Gasteiger partial charge >= 0.3 is 0 Å². The highest BCUT2D eigenvalue weighted by atomic mass is 32.2. The van der Waals surface area contributed by atoms with Crippen LogP contribution in [0, 0.1) is 12.8 Å². The van der Waals surface area contributed by atoms with Gasteiger partial charge in [-0.25, -0.2) is 4.98 Å². The number of aromatic nitrogens is 2. The van der Waals surface area contributed by atoms with E-state index in [-0.39, 0.29) is 0 Å². The van der Waals surface area contributed by atoms with E-state index < -0.39 is 0 Å². The van der Waals surface area contributed by atoms with E-state index in [1.165, 1.54) is 0 Å². The first-order valence-corrected chi connectivity index (χ1v) is 7.12. The molecule has 0 fully saturated rings. The number of thioether (sulfide) groups is 1. The van der Waals surface area contributed by atoms with Crippen molar-refractivity contribution in [2.75, 3.05) is 18.1 Å². The van der Waals surface area contributed by atoms with E-state index in [9.17, 15) is 0 Å². The molecule has 4 heteroatoms. The van der Waals surface area contributed by atoms with Crippen LogP contribution in [-0.4, -0.2) is 27.6 Å². The molecule has 0 aliphatic heterocycles. The van der Waals surface area contributed by atoms with E-state index in [1.807, 2.05) is 18.7 Å². The summed E-state index contributed by atoms with van der Waals surface area (Å²) in [5.74, 6) is 1.65. The van der Waals surface area contributed by atoms with Crippen LogP contribution in [0.3, 0.4) is 0 Å². The Balaban J connectivity index is 2.63. The molecular formula is C12H23N3S. The molecular weight excluding hydrogens is 218 g/mol. The molecule has 1 aromatic rings. The number of aryl methyl sites for hydroxylation is 1. The van der Waals surface area contributed by atoms with Crippen molar-refractivity contribution in [2.45, 2.75) is 39.5 Å². The standard InChI is InChI=1S/C12H23N3S/c1-9(2)7-15-8-10(3)14-12(15)13-6-11(4)16-5/h8-9,11H,6-7H2,1-5H3,(H,13,14). The zero-order valence-corrected chi connectivity index (χ0v) is 11.8. The van der Waals surface area contributed by atoms with Gasteiger partial charge in [0.15, 0.2) is 0 Å². The van der Waals surface area contributed by atoms with E-state index in [4.69, 9.17) is 0 Å². The van der Waals surface area contributed by atoms with Crippen molar-refractivity contribution in [3.05, 3.63) is 11.9 Å². The number of imidazole rings is 1. The van der Waals surface area contributed by atoms with Crippen molar-refractivity contribution >= 4 is 17.7 Å². The van der Waals surface area contributed by atoms with Crippen LogP contribution in [-0.2, 0) is 6.54 Å². The Kier molecular flexibility index (Phi) is 5.19. The smallest absolute Gasteiger partial charge is 0.203 e. The Labute approximate surface area is 103 Å². The molecule has 0 spiro atoms. The maximum atomic E-state index is 4.51. The van der Waals surface area contributed by atoms with Gasteiger partial charge in [-0.05, 0) is 19.1 Å². The Morgan fingerprint density at radius 2 is 2.12 bits per heavy atom. The number of nitrogens with zero attached hydrogens (tertiary/aromatic N) is 2. The predicted molar refractivity (Wildman–Crippen MR) is 73.3 cm³/mol. The lowest BCUT2D eigenvalue weighted by atomic mass is 10.2. The predicted octanol–water partition coefficient (Wildman–Crippen LogP) is 3.01. The third kappa shape index (κ3) is 4.08. The maximum absolute atomic E-state index is 4.51. The van der Waals surface area contributed by atoms with Gasteiger partial charge in [0.05, 0.1) is 5.69 Å². The number of rotatable bonds is 6. The van der Waals surface area contributed by atoms with E-state index in [0.717, 1.165) is 24.7 Å². The monoisotopic (exact) mass is 241 g/mol. The topological polar surface area (TPSA) is 29.9 Å². The maximum Gasteiger partial charge on any atom is 0.203 e. The van der Waals surface area contributed by atoms with Gasteiger partial charge in [0.25, 0.3) is 0 Å². The Bertz CT molecular complexity index is 320. The molecule has 0 saturated carbocycles. The first kappa shape index (κ1) is 13.4. The Morgan fingerprint density at radius 1 is 1.44 bits per heavy atom. The molecule has 1 N–H and O–H groups in total. The minimum Gasteiger partial charge on any atom is -0.355 e. The van der Waals surface area contributed by atoms with Crippen LogP contribution in [0.15, 0.2) is 6.20 Å². The first-order valence-electron chi connectivity index (χ1n) is 5.83. The molecule has 1 unspecified atom stereocenters. The van der Waals surface area contributed by atoms with Gasteiger partial charge in [-0.15, -0.1) is 0 Å². The van der Waals surface area contributed by atoms with Crippen molar-refractivity contribution in [2.24, 2.45) is 5.92 Å². The zero-order chi connectivity index (χ0) is 12.1. The Morgan fingerprint density at radius 3 is 2.69 bits per heavy atom. The lowest BCUT2D eigenvalue weighted by molar-refractivity contribution is 0.526. The largest absolute Gasteiger partial charge is 0.355 e. The molecule has 1 heterocycles. The molecule has 1 rings (SSSR count). The average Bonchev–Trinajstić information content (AvgIpc) is 2.54. The zero-order valence-electron chi connectivity index (χ0n) is 10.9. The summed E-state index contributed by atoms with van der Waals surface area (Å²) >= 11 is 1.87. The molecule has 0 saturated heterocycles. The van der Waals surface area contributed by atoms with Gasteiger partial charge in [0, 0.05) is 24.5 Å². The molecule has 16 heavy (non-hydrogen) atoms. The summed E-state index contributed by atoms with van der Waals surface area (Å²) in [7, 11) is 0. The summed E-state index contributed by atoms with van der Waals surface area (Å²) < 4.78 is 2.22. The second-order valence-corrected chi connectivity index (χ2v) is 5.96. The molecule has 0 aromatic carbocycles. The quantitative estimate of drug-likeness (QED) is 0.830. The third-order valence-corrected chi connectivity index (χ3v) is 3.38. The van der Waals surface area contributed by atoms with Gasteiger partial charge in [-0.2, -0.15) is 11.8 Å². The van der Waals surface area contributed by atoms with Gasteiger partial charge in [-0.1, -0.05) is 20.8 Å². The lowest BCUT2D eigenvalue weighted by Crippen LogP contribution is -2.17. The molecule has 0 amide bonds. The molecule has 0 aliphatic carbocycles. The van der Waals surface area contributed by atoms with Crippen LogP contribution in [0.25, 0.3) is 0 Å².